The van der Waals surface area contributed by atoms with Crippen LogP contribution < -0.4 is 4.74 Å². The summed E-state index contributed by atoms with van der Waals surface area (Å²) in [5.74, 6) is 3.49. The van der Waals surface area contributed by atoms with Crippen molar-refractivity contribution in [1.29, 1.82) is 0 Å². The first-order valence-corrected chi connectivity index (χ1v) is 19.1. The maximum Gasteiger partial charge on any atom is 0.164 e. The van der Waals surface area contributed by atoms with Gasteiger partial charge in [-0.3, -0.25) is 0 Å². The predicted octanol–water partition coefficient (Wildman–Crippen LogP) is 12.9. The molecule has 0 unspecified atom stereocenters. The fraction of sp³-hybridized carbons (Fsp3) is 0.0192. The fourth-order valence-corrected chi connectivity index (χ4v) is 8.51. The van der Waals surface area contributed by atoms with Gasteiger partial charge in [0.25, 0.3) is 0 Å². The van der Waals surface area contributed by atoms with Gasteiger partial charge in [0.2, 0.25) is 0 Å². The molecule has 1 aliphatic rings. The van der Waals surface area contributed by atoms with Gasteiger partial charge in [-0.15, -0.1) is 0 Å². The van der Waals surface area contributed by atoms with Gasteiger partial charge in [-0.1, -0.05) is 170 Å². The molecule has 0 amide bonds. The molecule has 0 spiro atoms. The summed E-state index contributed by atoms with van der Waals surface area (Å²) >= 11 is 0. The summed E-state index contributed by atoms with van der Waals surface area (Å²) in [6, 6.07) is 69.2. The Labute approximate surface area is 329 Å². The third kappa shape index (κ3) is 5.35. The summed E-state index contributed by atoms with van der Waals surface area (Å²) < 4.78 is 12.8. The van der Waals surface area contributed by atoms with Crippen molar-refractivity contribution in [3.8, 4) is 56.8 Å². The van der Waals surface area contributed by atoms with E-state index in [2.05, 4.69) is 127 Å². The second kappa shape index (κ2) is 13.3. The molecule has 3 heterocycles. The number of hydrogen-bond donors (Lipinski definition) is 0. The number of benzene rings is 8. The number of ether oxygens (including phenoxy) is 1. The first kappa shape index (κ1) is 32.8. The molecule has 0 atom stereocenters. The molecule has 0 bridgehead atoms. The first-order chi connectivity index (χ1) is 28.2. The fourth-order valence-electron chi connectivity index (χ4n) is 8.51. The molecule has 11 rings (SSSR count). The van der Waals surface area contributed by atoms with Crippen molar-refractivity contribution in [1.82, 2.24) is 15.0 Å². The Bertz CT molecular complexity index is 3050. The molecule has 268 valence electrons. The lowest BCUT2D eigenvalue weighted by Crippen LogP contribution is -2.34. The highest BCUT2D eigenvalue weighted by molar-refractivity contribution is 6.05. The number of fused-ring (bicyclic) bond motifs is 5. The zero-order valence-corrected chi connectivity index (χ0v) is 30.7. The van der Waals surface area contributed by atoms with E-state index in [1.165, 1.54) is 5.56 Å². The minimum absolute atomic E-state index is 0.577. The standard InChI is InChI=1S/C52H33N3O2/c1-3-15-35(16-4-1)49-53-50(36-29-32-41-40-20-9-12-24-45(40)56-48(41)33-36)55-51(54-49)42-21-8-7-19-39(42)34-27-30-38(31-28-34)52(37-17-5-2-6-18-37)43-22-10-13-25-46(43)57-47-26-14-11-23-44(47)52/h1-33H. The molecule has 57 heavy (non-hydrogen) atoms. The second-order valence-corrected chi connectivity index (χ2v) is 14.3. The van der Waals surface area contributed by atoms with E-state index in [0.29, 0.717) is 17.5 Å². The average Bonchev–Trinajstić information content (AvgIpc) is 3.67. The highest BCUT2D eigenvalue weighted by Crippen LogP contribution is 2.55. The quantitative estimate of drug-likeness (QED) is 0.170. The SMILES string of the molecule is c1ccc(-c2nc(-c3ccc4c(c3)oc3ccccc34)nc(-c3ccccc3-c3ccc(C4(c5ccccc5)c5ccccc5Oc5ccccc54)cc3)n2)cc1. The van der Waals surface area contributed by atoms with E-state index in [9.17, 15) is 0 Å². The molecule has 2 aromatic heterocycles. The number of para-hydroxylation sites is 3. The van der Waals surface area contributed by atoms with Crippen LogP contribution in [0.4, 0.5) is 0 Å². The molecule has 0 fully saturated rings. The van der Waals surface area contributed by atoms with Gasteiger partial charge in [-0.05, 0) is 52.6 Å². The topological polar surface area (TPSA) is 61.0 Å². The Morgan fingerprint density at radius 1 is 0.351 bits per heavy atom. The largest absolute Gasteiger partial charge is 0.457 e. The lowest BCUT2D eigenvalue weighted by atomic mass is 9.63. The van der Waals surface area contributed by atoms with Crippen molar-refractivity contribution in [3.63, 3.8) is 0 Å². The van der Waals surface area contributed by atoms with Crippen molar-refractivity contribution < 1.29 is 9.15 Å². The number of hydrogen-bond acceptors (Lipinski definition) is 5. The Kier molecular flexibility index (Phi) is 7.64. The third-order valence-corrected chi connectivity index (χ3v) is 11.1. The molecule has 1 aliphatic heterocycles. The minimum Gasteiger partial charge on any atom is -0.457 e. The molecule has 8 aromatic carbocycles. The zero-order chi connectivity index (χ0) is 37.8. The highest BCUT2D eigenvalue weighted by atomic mass is 16.5. The van der Waals surface area contributed by atoms with Crippen molar-refractivity contribution in [3.05, 3.63) is 222 Å². The number of rotatable bonds is 6. The molecular formula is C52H33N3O2. The number of aromatic nitrogens is 3. The molecule has 10 aromatic rings. The van der Waals surface area contributed by atoms with Crippen LogP contribution in [0.2, 0.25) is 0 Å². The monoisotopic (exact) mass is 731 g/mol. The summed E-state index contributed by atoms with van der Waals surface area (Å²) in [4.78, 5) is 15.3. The highest BCUT2D eigenvalue weighted by Gasteiger charge is 2.45. The number of furan rings is 1. The van der Waals surface area contributed by atoms with Crippen LogP contribution in [-0.4, -0.2) is 15.0 Å². The van der Waals surface area contributed by atoms with E-state index in [4.69, 9.17) is 24.1 Å². The maximum atomic E-state index is 6.53. The third-order valence-electron chi connectivity index (χ3n) is 11.1. The van der Waals surface area contributed by atoms with Crippen molar-refractivity contribution >= 4 is 21.9 Å². The molecule has 0 aliphatic carbocycles. The average molecular weight is 732 g/mol. The lowest BCUT2D eigenvalue weighted by Gasteiger charge is -2.41. The van der Waals surface area contributed by atoms with Crippen LogP contribution in [0.5, 0.6) is 11.5 Å². The van der Waals surface area contributed by atoms with Crippen molar-refractivity contribution in [2.24, 2.45) is 0 Å². The summed E-state index contributed by atoms with van der Waals surface area (Å²) in [6.07, 6.45) is 0. The van der Waals surface area contributed by atoms with Crippen LogP contribution in [0.3, 0.4) is 0 Å². The van der Waals surface area contributed by atoms with Gasteiger partial charge in [-0.25, -0.2) is 15.0 Å². The van der Waals surface area contributed by atoms with Crippen molar-refractivity contribution in [2.45, 2.75) is 5.41 Å². The Hall–Kier alpha value is -7.63. The van der Waals surface area contributed by atoms with E-state index >= 15 is 0 Å². The van der Waals surface area contributed by atoms with Crippen LogP contribution in [0, 0.1) is 0 Å². The Morgan fingerprint density at radius 2 is 0.877 bits per heavy atom. The Balaban J connectivity index is 1.06. The van der Waals surface area contributed by atoms with Gasteiger partial charge in [-0.2, -0.15) is 0 Å². The van der Waals surface area contributed by atoms with Gasteiger partial charge in [0.05, 0.1) is 5.41 Å². The second-order valence-electron chi connectivity index (χ2n) is 14.3. The lowest BCUT2D eigenvalue weighted by molar-refractivity contribution is 0.434. The summed E-state index contributed by atoms with van der Waals surface area (Å²) in [5.41, 5.74) is 10.3. The minimum atomic E-state index is -0.598. The van der Waals surface area contributed by atoms with Gasteiger partial charge in [0.1, 0.15) is 22.7 Å². The smallest absolute Gasteiger partial charge is 0.164 e. The van der Waals surface area contributed by atoms with E-state index in [-0.39, 0.29) is 0 Å². The van der Waals surface area contributed by atoms with Gasteiger partial charge < -0.3 is 9.15 Å². The summed E-state index contributed by atoms with van der Waals surface area (Å²) in [6.45, 7) is 0. The summed E-state index contributed by atoms with van der Waals surface area (Å²) in [7, 11) is 0. The van der Waals surface area contributed by atoms with Gasteiger partial charge in [0.15, 0.2) is 17.5 Å². The maximum absolute atomic E-state index is 6.53. The van der Waals surface area contributed by atoms with Crippen LogP contribution in [0.1, 0.15) is 22.3 Å². The van der Waals surface area contributed by atoms with Crippen molar-refractivity contribution in [2.75, 3.05) is 0 Å². The molecule has 0 saturated carbocycles. The van der Waals surface area contributed by atoms with Gasteiger partial charge >= 0.3 is 0 Å². The van der Waals surface area contributed by atoms with E-state index in [1.54, 1.807) is 0 Å². The van der Waals surface area contributed by atoms with E-state index in [0.717, 1.165) is 77.9 Å². The molecule has 0 radical (unpaired) electrons. The first-order valence-electron chi connectivity index (χ1n) is 19.1. The Morgan fingerprint density at radius 3 is 1.61 bits per heavy atom. The van der Waals surface area contributed by atoms with E-state index < -0.39 is 5.41 Å². The molecule has 5 heteroatoms. The van der Waals surface area contributed by atoms with Crippen LogP contribution >= 0.6 is 0 Å². The summed E-state index contributed by atoms with van der Waals surface area (Å²) in [5, 5.41) is 2.14. The predicted molar refractivity (Wildman–Crippen MR) is 227 cm³/mol. The normalized spacial score (nSPS) is 12.8. The van der Waals surface area contributed by atoms with E-state index in [1.807, 2.05) is 72.8 Å². The molecule has 0 saturated heterocycles. The van der Waals surface area contributed by atoms with Crippen LogP contribution in [-0.2, 0) is 5.41 Å². The molecule has 5 nitrogen and oxygen atoms in total. The molecule has 0 N–H and O–H groups in total. The number of nitrogens with zero attached hydrogens (tertiary/aromatic N) is 3. The van der Waals surface area contributed by atoms with Crippen LogP contribution in [0.25, 0.3) is 67.2 Å². The van der Waals surface area contributed by atoms with Gasteiger partial charge in [0, 0.05) is 38.6 Å². The molecular weight excluding hydrogens is 699 g/mol. The zero-order valence-electron chi connectivity index (χ0n) is 30.7. The van der Waals surface area contributed by atoms with Crippen LogP contribution in [0.15, 0.2) is 205 Å².